The predicted molar refractivity (Wildman–Crippen MR) is 69.3 cm³/mol. The normalized spacial score (nSPS) is 10.0. The molecule has 0 fully saturated rings. The summed E-state index contributed by atoms with van der Waals surface area (Å²) >= 11 is 5.69. The molecule has 21 heavy (non-hydrogen) atoms. The molecule has 0 spiro atoms. The van der Waals surface area contributed by atoms with Crippen LogP contribution in [-0.2, 0) is 0 Å². The smallest absolute Gasteiger partial charge is 0.307 e. The highest BCUT2D eigenvalue weighted by Crippen LogP contribution is 2.32. The van der Waals surface area contributed by atoms with Crippen LogP contribution in [0.15, 0.2) is 30.3 Å². The van der Waals surface area contributed by atoms with E-state index in [1.54, 1.807) is 6.07 Å². The number of hydrogen-bond donors (Lipinski definition) is 0. The summed E-state index contributed by atoms with van der Waals surface area (Å²) in [5.74, 6) is -2.99. The molecule has 2 aromatic carbocycles. The van der Waals surface area contributed by atoms with Crippen molar-refractivity contribution < 1.29 is 18.4 Å². The number of nitro benzene ring substituents is 1. The van der Waals surface area contributed by atoms with Gasteiger partial charge in [-0.15, -0.1) is 0 Å². The molecule has 0 saturated heterocycles. The van der Waals surface area contributed by atoms with Crippen molar-refractivity contribution in [2.24, 2.45) is 0 Å². The standard InChI is InChI=1S/C13H5ClF2N2O3/c14-8-1-2-12(7(3-8)6-17)21-13-5-9(15)11(18(19)20)4-10(13)16/h1-5H. The Morgan fingerprint density at radius 2 is 1.90 bits per heavy atom. The van der Waals surface area contributed by atoms with Crippen molar-refractivity contribution in [1.29, 1.82) is 5.26 Å². The maximum Gasteiger partial charge on any atom is 0.307 e. The van der Waals surface area contributed by atoms with Crippen LogP contribution in [0.4, 0.5) is 14.5 Å². The lowest BCUT2D eigenvalue weighted by Crippen LogP contribution is -1.97. The molecule has 0 radical (unpaired) electrons. The first kappa shape index (κ1) is 14.7. The average Bonchev–Trinajstić information content (AvgIpc) is 2.43. The number of halogens is 3. The SMILES string of the molecule is N#Cc1cc(Cl)ccc1Oc1cc(F)c([N+](=O)[O-])cc1F. The summed E-state index contributed by atoms with van der Waals surface area (Å²) < 4.78 is 32.2. The Morgan fingerprint density at radius 1 is 1.19 bits per heavy atom. The largest absolute Gasteiger partial charge is 0.453 e. The van der Waals surface area contributed by atoms with Gasteiger partial charge in [-0.2, -0.15) is 9.65 Å². The van der Waals surface area contributed by atoms with Gasteiger partial charge in [0.15, 0.2) is 11.6 Å². The van der Waals surface area contributed by atoms with E-state index in [0.29, 0.717) is 12.1 Å². The Hall–Kier alpha value is -2.72. The van der Waals surface area contributed by atoms with Gasteiger partial charge >= 0.3 is 5.69 Å². The molecule has 0 aliphatic heterocycles. The van der Waals surface area contributed by atoms with Gasteiger partial charge in [-0.3, -0.25) is 10.1 Å². The molecular weight excluding hydrogens is 306 g/mol. The second-order valence-electron chi connectivity index (χ2n) is 3.85. The van der Waals surface area contributed by atoms with Crippen LogP contribution < -0.4 is 4.74 Å². The third kappa shape index (κ3) is 3.07. The number of benzene rings is 2. The highest BCUT2D eigenvalue weighted by atomic mass is 35.5. The minimum atomic E-state index is -1.25. The zero-order valence-electron chi connectivity index (χ0n) is 10.1. The molecule has 5 nitrogen and oxygen atoms in total. The van der Waals surface area contributed by atoms with Crippen LogP contribution in [0.3, 0.4) is 0 Å². The van der Waals surface area contributed by atoms with E-state index in [4.69, 9.17) is 21.6 Å². The van der Waals surface area contributed by atoms with Gasteiger partial charge in [0.2, 0.25) is 5.82 Å². The average molecular weight is 311 g/mol. The summed E-state index contributed by atoms with van der Waals surface area (Å²) in [5, 5.41) is 19.7. The molecule has 0 saturated carbocycles. The van der Waals surface area contributed by atoms with Crippen molar-refractivity contribution in [2.75, 3.05) is 0 Å². The van der Waals surface area contributed by atoms with E-state index in [-0.39, 0.29) is 16.3 Å². The van der Waals surface area contributed by atoms with Crippen molar-refractivity contribution in [2.45, 2.75) is 0 Å². The number of nitrogens with zero attached hydrogens (tertiary/aromatic N) is 2. The van der Waals surface area contributed by atoms with Crippen LogP contribution in [0.2, 0.25) is 5.02 Å². The van der Waals surface area contributed by atoms with Crippen LogP contribution in [0, 0.1) is 33.1 Å². The van der Waals surface area contributed by atoms with E-state index in [1.165, 1.54) is 18.2 Å². The van der Waals surface area contributed by atoms with Crippen molar-refractivity contribution in [1.82, 2.24) is 0 Å². The van der Waals surface area contributed by atoms with Gasteiger partial charge in [0.25, 0.3) is 0 Å². The first-order valence-corrected chi connectivity index (χ1v) is 5.81. The van der Waals surface area contributed by atoms with Crippen LogP contribution >= 0.6 is 11.6 Å². The first-order valence-electron chi connectivity index (χ1n) is 5.43. The van der Waals surface area contributed by atoms with Gasteiger partial charge in [0.05, 0.1) is 16.6 Å². The summed E-state index contributed by atoms with van der Waals surface area (Å²) in [6.07, 6.45) is 0. The van der Waals surface area contributed by atoms with E-state index >= 15 is 0 Å². The molecule has 0 aliphatic carbocycles. The monoisotopic (exact) mass is 310 g/mol. The summed E-state index contributed by atoms with van der Waals surface area (Å²) in [5.41, 5.74) is -0.989. The molecule has 0 N–H and O–H groups in total. The van der Waals surface area contributed by atoms with Crippen LogP contribution in [0.25, 0.3) is 0 Å². The molecule has 0 aromatic heterocycles. The highest BCUT2D eigenvalue weighted by Gasteiger charge is 2.20. The molecule has 0 atom stereocenters. The molecule has 0 bridgehead atoms. The number of rotatable bonds is 3. The molecule has 8 heteroatoms. The number of nitriles is 1. The number of hydrogen-bond acceptors (Lipinski definition) is 4. The van der Waals surface area contributed by atoms with E-state index < -0.39 is 28.0 Å². The van der Waals surface area contributed by atoms with E-state index in [0.717, 1.165) is 0 Å². The Morgan fingerprint density at radius 3 is 2.52 bits per heavy atom. The Kier molecular flexibility index (Phi) is 4.00. The Balaban J connectivity index is 2.44. The summed E-state index contributed by atoms with van der Waals surface area (Å²) in [7, 11) is 0. The van der Waals surface area contributed by atoms with Crippen molar-refractivity contribution >= 4 is 17.3 Å². The molecule has 0 amide bonds. The molecule has 0 unspecified atom stereocenters. The lowest BCUT2D eigenvalue weighted by molar-refractivity contribution is -0.387. The summed E-state index contributed by atoms with van der Waals surface area (Å²) in [4.78, 5) is 9.43. The maximum absolute atomic E-state index is 13.7. The van der Waals surface area contributed by atoms with E-state index in [2.05, 4.69) is 0 Å². The Bertz CT molecular complexity index is 775. The number of ether oxygens (including phenoxy) is 1. The lowest BCUT2D eigenvalue weighted by Gasteiger charge is -2.08. The fraction of sp³-hybridized carbons (Fsp3) is 0. The summed E-state index contributed by atoms with van der Waals surface area (Å²) in [6.45, 7) is 0. The van der Waals surface area contributed by atoms with Gasteiger partial charge in [-0.25, -0.2) is 4.39 Å². The topological polar surface area (TPSA) is 76.2 Å². The van der Waals surface area contributed by atoms with Crippen molar-refractivity contribution in [3.05, 3.63) is 62.7 Å². The highest BCUT2D eigenvalue weighted by molar-refractivity contribution is 6.30. The van der Waals surface area contributed by atoms with Crippen LogP contribution in [-0.4, -0.2) is 4.92 Å². The van der Waals surface area contributed by atoms with Gasteiger partial charge in [-0.05, 0) is 18.2 Å². The van der Waals surface area contributed by atoms with E-state index in [1.807, 2.05) is 0 Å². The molecule has 0 aliphatic rings. The second kappa shape index (κ2) is 5.73. The summed E-state index contributed by atoms with van der Waals surface area (Å²) in [6, 6.07) is 6.73. The molecule has 106 valence electrons. The van der Waals surface area contributed by atoms with Crippen molar-refractivity contribution in [3.63, 3.8) is 0 Å². The van der Waals surface area contributed by atoms with Gasteiger partial charge in [-0.1, -0.05) is 11.6 Å². The van der Waals surface area contributed by atoms with Gasteiger partial charge in [0.1, 0.15) is 11.8 Å². The van der Waals surface area contributed by atoms with E-state index in [9.17, 15) is 18.9 Å². The second-order valence-corrected chi connectivity index (χ2v) is 4.28. The first-order chi connectivity index (χ1) is 9.92. The zero-order chi connectivity index (χ0) is 15.6. The van der Waals surface area contributed by atoms with Gasteiger partial charge in [0, 0.05) is 11.1 Å². The fourth-order valence-electron chi connectivity index (χ4n) is 1.53. The van der Waals surface area contributed by atoms with Gasteiger partial charge < -0.3 is 4.74 Å². The quantitative estimate of drug-likeness (QED) is 0.629. The molecule has 0 heterocycles. The molecule has 2 aromatic rings. The maximum atomic E-state index is 13.7. The zero-order valence-corrected chi connectivity index (χ0v) is 10.9. The molecule has 2 rings (SSSR count). The Labute approximate surface area is 122 Å². The molecular formula is C13H5ClF2N2O3. The minimum Gasteiger partial charge on any atom is -0.453 e. The fourth-order valence-corrected chi connectivity index (χ4v) is 1.71. The third-order valence-electron chi connectivity index (χ3n) is 2.48. The van der Waals surface area contributed by atoms with Crippen LogP contribution in [0.1, 0.15) is 5.56 Å². The lowest BCUT2D eigenvalue weighted by atomic mass is 10.2. The number of nitro groups is 1. The third-order valence-corrected chi connectivity index (χ3v) is 2.72. The predicted octanol–water partition coefficient (Wildman–Crippen LogP) is 4.19. The minimum absolute atomic E-state index is 0.0145. The van der Waals surface area contributed by atoms with Crippen LogP contribution in [0.5, 0.6) is 11.5 Å². The van der Waals surface area contributed by atoms with Crippen molar-refractivity contribution in [3.8, 4) is 17.6 Å².